The fraction of sp³-hybridized carbons (Fsp3) is 0. The maximum atomic E-state index is 13.6. The molecule has 6 nitrogen and oxygen atoms in total. The maximum Gasteiger partial charge on any atom is 0.312 e. The van der Waals surface area contributed by atoms with E-state index in [4.69, 9.17) is 4.74 Å². The molecule has 0 aliphatic heterocycles. The van der Waals surface area contributed by atoms with Crippen molar-refractivity contribution in [2.75, 3.05) is 0 Å². The second-order valence-corrected chi connectivity index (χ2v) is 5.34. The highest BCUT2D eigenvalue weighted by Gasteiger charge is 2.19. The molecule has 0 spiro atoms. The molecule has 0 aliphatic carbocycles. The highest BCUT2D eigenvalue weighted by molar-refractivity contribution is 7.13. The summed E-state index contributed by atoms with van der Waals surface area (Å²) in [7, 11) is 0. The Bertz CT molecular complexity index is 881. The molecular weight excluding hydrogens is 323 g/mol. The minimum atomic E-state index is -0.618. The van der Waals surface area contributed by atoms with Gasteiger partial charge in [-0.05, 0) is 24.3 Å². The van der Waals surface area contributed by atoms with E-state index in [1.807, 2.05) is 0 Å². The zero-order valence-corrected chi connectivity index (χ0v) is 12.3. The van der Waals surface area contributed by atoms with Crippen LogP contribution in [-0.2, 0) is 0 Å². The van der Waals surface area contributed by atoms with Crippen LogP contribution in [0.3, 0.4) is 0 Å². The SMILES string of the molecule is O=[N+]([O-])c1cc(-c2nc(O)cs2)ccc1Oc1ccccc1F. The van der Waals surface area contributed by atoms with Crippen LogP contribution in [0.15, 0.2) is 47.8 Å². The van der Waals surface area contributed by atoms with Crippen LogP contribution < -0.4 is 4.74 Å². The van der Waals surface area contributed by atoms with E-state index in [1.54, 1.807) is 12.1 Å². The van der Waals surface area contributed by atoms with Crippen LogP contribution in [-0.4, -0.2) is 15.0 Å². The number of aromatic nitrogens is 1. The molecule has 0 amide bonds. The summed E-state index contributed by atoms with van der Waals surface area (Å²) in [6.45, 7) is 0. The number of benzene rings is 2. The van der Waals surface area contributed by atoms with Crippen molar-refractivity contribution < 1.29 is 19.2 Å². The lowest BCUT2D eigenvalue weighted by Gasteiger charge is -2.08. The van der Waals surface area contributed by atoms with Gasteiger partial charge in [0, 0.05) is 11.6 Å². The molecule has 2 aromatic carbocycles. The van der Waals surface area contributed by atoms with E-state index in [-0.39, 0.29) is 23.1 Å². The van der Waals surface area contributed by atoms with Gasteiger partial charge in [0.15, 0.2) is 11.6 Å². The number of ether oxygens (including phenoxy) is 1. The van der Waals surface area contributed by atoms with Crippen molar-refractivity contribution in [2.45, 2.75) is 0 Å². The standard InChI is InChI=1S/C15H9FN2O4S/c16-10-3-1-2-4-12(10)22-13-6-5-9(7-11(13)18(20)21)15-17-14(19)8-23-15/h1-8,19H. The van der Waals surface area contributed by atoms with Crippen LogP contribution >= 0.6 is 11.3 Å². The van der Waals surface area contributed by atoms with E-state index in [9.17, 15) is 19.6 Å². The molecule has 0 radical (unpaired) electrons. The first-order valence-corrected chi connectivity index (χ1v) is 7.28. The van der Waals surface area contributed by atoms with Crippen LogP contribution in [0.25, 0.3) is 10.6 Å². The molecule has 8 heteroatoms. The summed E-state index contributed by atoms with van der Waals surface area (Å²) in [6.07, 6.45) is 0. The molecule has 116 valence electrons. The summed E-state index contributed by atoms with van der Waals surface area (Å²) in [5.41, 5.74) is 0.142. The fourth-order valence-corrected chi connectivity index (χ4v) is 2.60. The van der Waals surface area contributed by atoms with E-state index in [2.05, 4.69) is 4.98 Å². The summed E-state index contributed by atoms with van der Waals surface area (Å²) >= 11 is 1.15. The molecule has 0 fully saturated rings. The molecule has 1 N–H and O–H groups in total. The molecule has 1 heterocycles. The summed E-state index contributed by atoms with van der Waals surface area (Å²) in [5.74, 6) is -0.949. The summed E-state index contributed by atoms with van der Waals surface area (Å²) < 4.78 is 18.9. The third-order valence-corrected chi connectivity index (χ3v) is 3.83. The highest BCUT2D eigenvalue weighted by atomic mass is 32.1. The Labute approximate surface area is 133 Å². The zero-order chi connectivity index (χ0) is 16.4. The molecule has 23 heavy (non-hydrogen) atoms. The number of para-hydroxylation sites is 1. The Morgan fingerprint density at radius 2 is 2.00 bits per heavy atom. The maximum absolute atomic E-state index is 13.6. The van der Waals surface area contributed by atoms with E-state index < -0.39 is 10.7 Å². The number of aromatic hydroxyl groups is 1. The lowest BCUT2D eigenvalue weighted by atomic mass is 10.2. The third-order valence-electron chi connectivity index (χ3n) is 2.95. The van der Waals surface area contributed by atoms with Crippen LogP contribution in [0.2, 0.25) is 0 Å². The molecule has 0 saturated carbocycles. The summed E-state index contributed by atoms with van der Waals surface area (Å²) in [4.78, 5) is 14.5. The first kappa shape index (κ1) is 14.9. The smallest absolute Gasteiger partial charge is 0.312 e. The Kier molecular flexibility index (Phi) is 3.90. The molecule has 0 aliphatic rings. The molecule has 3 aromatic rings. The van der Waals surface area contributed by atoms with Gasteiger partial charge in [-0.3, -0.25) is 10.1 Å². The van der Waals surface area contributed by atoms with Crippen molar-refractivity contribution in [1.82, 2.24) is 4.98 Å². The first-order valence-electron chi connectivity index (χ1n) is 6.40. The number of hydrogen-bond acceptors (Lipinski definition) is 6. The second kappa shape index (κ2) is 6.01. The van der Waals surface area contributed by atoms with Gasteiger partial charge in [-0.2, -0.15) is 0 Å². The molecule has 0 atom stereocenters. The first-order chi connectivity index (χ1) is 11.0. The van der Waals surface area contributed by atoms with Crippen molar-refractivity contribution in [1.29, 1.82) is 0 Å². The number of halogens is 1. The van der Waals surface area contributed by atoms with E-state index in [0.717, 1.165) is 11.3 Å². The molecule has 3 rings (SSSR count). The number of nitro groups is 1. The molecule has 1 aromatic heterocycles. The summed E-state index contributed by atoms with van der Waals surface area (Å²) in [6, 6.07) is 9.85. The monoisotopic (exact) mass is 332 g/mol. The van der Waals surface area contributed by atoms with Gasteiger partial charge in [-0.15, -0.1) is 11.3 Å². The lowest BCUT2D eigenvalue weighted by molar-refractivity contribution is -0.385. The Hall–Kier alpha value is -3.00. The minimum absolute atomic E-state index is 0.0790. The van der Waals surface area contributed by atoms with Crippen molar-refractivity contribution >= 4 is 17.0 Å². The van der Waals surface area contributed by atoms with Crippen LogP contribution in [0.5, 0.6) is 17.4 Å². The van der Waals surface area contributed by atoms with Crippen molar-refractivity contribution in [2.24, 2.45) is 0 Å². The van der Waals surface area contributed by atoms with Gasteiger partial charge >= 0.3 is 5.69 Å². The van der Waals surface area contributed by atoms with Gasteiger partial charge in [0.05, 0.1) is 10.3 Å². The number of rotatable bonds is 4. The van der Waals surface area contributed by atoms with Crippen molar-refractivity contribution in [3.63, 3.8) is 0 Å². The molecule has 0 unspecified atom stereocenters. The predicted molar refractivity (Wildman–Crippen MR) is 82.3 cm³/mol. The van der Waals surface area contributed by atoms with Gasteiger partial charge in [-0.25, -0.2) is 9.37 Å². The van der Waals surface area contributed by atoms with Gasteiger partial charge in [0.2, 0.25) is 11.6 Å². The zero-order valence-electron chi connectivity index (χ0n) is 11.5. The van der Waals surface area contributed by atoms with Gasteiger partial charge in [0.25, 0.3) is 0 Å². The average molecular weight is 332 g/mol. The van der Waals surface area contributed by atoms with E-state index in [1.165, 1.54) is 35.7 Å². The lowest BCUT2D eigenvalue weighted by Crippen LogP contribution is -1.95. The minimum Gasteiger partial charge on any atom is -0.493 e. The van der Waals surface area contributed by atoms with Crippen LogP contribution in [0, 0.1) is 15.9 Å². The average Bonchev–Trinajstić information content (AvgIpc) is 2.96. The molecular formula is C15H9FN2O4S. The normalized spacial score (nSPS) is 10.5. The fourth-order valence-electron chi connectivity index (χ4n) is 1.92. The van der Waals surface area contributed by atoms with Gasteiger partial charge in [-0.1, -0.05) is 12.1 Å². The Morgan fingerprint density at radius 1 is 1.22 bits per heavy atom. The number of hydrogen-bond donors (Lipinski definition) is 1. The van der Waals surface area contributed by atoms with Crippen LogP contribution in [0.4, 0.5) is 10.1 Å². The largest absolute Gasteiger partial charge is 0.493 e. The van der Waals surface area contributed by atoms with Gasteiger partial charge in [0.1, 0.15) is 5.01 Å². The Balaban J connectivity index is 2.01. The van der Waals surface area contributed by atoms with Crippen LogP contribution in [0.1, 0.15) is 0 Å². The third kappa shape index (κ3) is 3.11. The quantitative estimate of drug-likeness (QED) is 0.567. The van der Waals surface area contributed by atoms with Crippen molar-refractivity contribution in [3.8, 4) is 28.0 Å². The number of nitrogens with zero attached hydrogens (tertiary/aromatic N) is 2. The predicted octanol–water partition coefficient (Wildman–Crippen LogP) is 4.36. The van der Waals surface area contributed by atoms with E-state index in [0.29, 0.717) is 10.6 Å². The number of nitro benzene ring substituents is 1. The topological polar surface area (TPSA) is 85.5 Å². The van der Waals surface area contributed by atoms with E-state index >= 15 is 0 Å². The second-order valence-electron chi connectivity index (χ2n) is 4.48. The van der Waals surface area contributed by atoms with Gasteiger partial charge < -0.3 is 9.84 Å². The Morgan fingerprint density at radius 3 is 2.65 bits per heavy atom. The summed E-state index contributed by atoms with van der Waals surface area (Å²) in [5, 5.41) is 22.4. The molecule has 0 bridgehead atoms. The van der Waals surface area contributed by atoms with Crippen molar-refractivity contribution in [3.05, 3.63) is 63.8 Å². The highest BCUT2D eigenvalue weighted by Crippen LogP contribution is 2.37. The number of thiazole rings is 1. The molecule has 0 saturated heterocycles.